The molecule has 0 aliphatic heterocycles. The number of carbonyl (C=O) groups excluding carboxylic acids is 1. The van der Waals surface area contributed by atoms with E-state index in [9.17, 15) is 4.79 Å². The van der Waals surface area contributed by atoms with Crippen LogP contribution >= 0.6 is 11.6 Å². The first-order chi connectivity index (χ1) is 8.58. The lowest BCUT2D eigenvalue weighted by molar-refractivity contribution is 0.0601. The molecule has 0 amide bonds. The molecular weight excluding hydrogens is 254 g/mol. The molecule has 1 rings (SSSR count). The summed E-state index contributed by atoms with van der Waals surface area (Å²) in [5.41, 5.74) is 1.20. The summed E-state index contributed by atoms with van der Waals surface area (Å²) < 4.78 is 9.72. The lowest BCUT2D eigenvalue weighted by Gasteiger charge is -2.13. The normalized spacial score (nSPS) is 12.0. The van der Waals surface area contributed by atoms with Crippen molar-refractivity contribution < 1.29 is 14.3 Å². The first kappa shape index (κ1) is 14.8. The van der Waals surface area contributed by atoms with Gasteiger partial charge in [0.2, 0.25) is 0 Å². The highest BCUT2D eigenvalue weighted by molar-refractivity contribution is 6.33. The minimum Gasteiger partial charge on any atom is -0.465 e. The Bertz CT molecular complexity index is 409. The predicted octanol–water partition coefficient (Wildman–Crippen LogP) is 2.82. The fraction of sp³-hybridized carbons (Fsp3) is 0.462. The third-order valence-electron chi connectivity index (χ3n) is 2.48. The minimum absolute atomic E-state index is 0.364. The number of rotatable bonds is 6. The van der Waals surface area contributed by atoms with Crippen LogP contribution in [0.5, 0.6) is 0 Å². The van der Waals surface area contributed by atoms with E-state index >= 15 is 0 Å². The maximum Gasteiger partial charge on any atom is 0.339 e. The van der Waals surface area contributed by atoms with Crippen LogP contribution in [0.15, 0.2) is 18.2 Å². The number of nitrogens with one attached hydrogen (secondary N) is 1. The van der Waals surface area contributed by atoms with Crippen molar-refractivity contribution in [3.05, 3.63) is 28.8 Å². The number of halogens is 1. The summed E-state index contributed by atoms with van der Waals surface area (Å²) in [6, 6.07) is 5.19. The molecule has 0 bridgehead atoms. The quantitative estimate of drug-likeness (QED) is 0.809. The largest absolute Gasteiger partial charge is 0.465 e. The van der Waals surface area contributed by atoms with Crippen LogP contribution in [0.1, 0.15) is 17.3 Å². The molecule has 0 fully saturated rings. The third-order valence-corrected chi connectivity index (χ3v) is 2.81. The first-order valence-corrected chi connectivity index (χ1v) is 6.07. The van der Waals surface area contributed by atoms with E-state index in [1.807, 2.05) is 6.07 Å². The lowest BCUT2D eigenvalue weighted by atomic mass is 10.1. The smallest absolute Gasteiger partial charge is 0.339 e. The summed E-state index contributed by atoms with van der Waals surface area (Å²) in [5.74, 6) is -0.0548. The minimum atomic E-state index is -0.436. The second-order valence-corrected chi connectivity index (χ2v) is 4.53. The lowest BCUT2D eigenvalue weighted by Crippen LogP contribution is -2.16. The van der Waals surface area contributed by atoms with Gasteiger partial charge in [0.25, 0.3) is 0 Å². The van der Waals surface area contributed by atoms with E-state index in [0.29, 0.717) is 23.1 Å². The predicted molar refractivity (Wildman–Crippen MR) is 72.3 cm³/mol. The summed E-state index contributed by atoms with van der Waals surface area (Å²) in [6.45, 7) is 3.52. The van der Waals surface area contributed by atoms with Gasteiger partial charge in [0, 0.05) is 19.3 Å². The Hall–Kier alpha value is -1.26. The average molecular weight is 272 g/mol. The molecule has 0 aliphatic carbocycles. The molecule has 4 nitrogen and oxygen atoms in total. The Kier molecular flexibility index (Phi) is 5.95. The van der Waals surface area contributed by atoms with Gasteiger partial charge in [0.05, 0.1) is 24.3 Å². The van der Waals surface area contributed by atoms with Gasteiger partial charge >= 0.3 is 5.97 Å². The zero-order valence-electron chi connectivity index (χ0n) is 10.8. The van der Waals surface area contributed by atoms with Gasteiger partial charge in [0.15, 0.2) is 0 Å². The Morgan fingerprint density at radius 3 is 2.78 bits per heavy atom. The van der Waals surface area contributed by atoms with E-state index in [0.717, 1.165) is 12.2 Å². The van der Waals surface area contributed by atoms with Crippen molar-refractivity contribution in [3.8, 4) is 0 Å². The first-order valence-electron chi connectivity index (χ1n) is 5.69. The Morgan fingerprint density at radius 2 is 2.17 bits per heavy atom. The highest BCUT2D eigenvalue weighted by atomic mass is 35.5. The molecule has 1 unspecified atom stereocenters. The number of esters is 1. The van der Waals surface area contributed by atoms with Crippen LogP contribution in [0.2, 0.25) is 5.02 Å². The molecule has 0 heterocycles. The van der Waals surface area contributed by atoms with Gasteiger partial charge in [-0.2, -0.15) is 0 Å². The molecule has 0 saturated carbocycles. The fourth-order valence-electron chi connectivity index (χ4n) is 1.54. The monoisotopic (exact) mass is 271 g/mol. The summed E-state index contributed by atoms with van der Waals surface area (Å²) in [6.07, 6.45) is 0. The van der Waals surface area contributed by atoms with Crippen LogP contribution in [0.3, 0.4) is 0 Å². The maximum absolute atomic E-state index is 11.5. The Balaban J connectivity index is 2.70. The fourth-order valence-corrected chi connectivity index (χ4v) is 1.73. The van der Waals surface area contributed by atoms with E-state index in [-0.39, 0.29) is 0 Å². The van der Waals surface area contributed by atoms with Crippen LogP contribution in [0.4, 0.5) is 5.69 Å². The van der Waals surface area contributed by atoms with Gasteiger partial charge in [0.1, 0.15) is 0 Å². The summed E-state index contributed by atoms with van der Waals surface area (Å²) >= 11 is 5.93. The van der Waals surface area contributed by atoms with Gasteiger partial charge in [-0.15, -0.1) is 0 Å². The summed E-state index contributed by atoms with van der Waals surface area (Å²) in [7, 11) is 3.01. The molecular formula is C13H18ClNO3. The number of hydrogen-bond acceptors (Lipinski definition) is 4. The number of ether oxygens (including phenoxy) is 2. The molecule has 0 radical (unpaired) electrons. The summed E-state index contributed by atoms with van der Waals surface area (Å²) in [5, 5.41) is 3.62. The molecule has 5 heteroatoms. The van der Waals surface area contributed by atoms with E-state index in [2.05, 4.69) is 17.0 Å². The molecule has 1 N–H and O–H groups in total. The molecule has 0 aliphatic rings. The van der Waals surface area contributed by atoms with Gasteiger partial charge in [-0.05, 0) is 24.1 Å². The van der Waals surface area contributed by atoms with Crippen molar-refractivity contribution in [2.75, 3.05) is 32.7 Å². The Morgan fingerprint density at radius 1 is 1.44 bits per heavy atom. The van der Waals surface area contributed by atoms with Crippen molar-refractivity contribution in [3.63, 3.8) is 0 Å². The Labute approximate surface area is 112 Å². The van der Waals surface area contributed by atoms with E-state index < -0.39 is 5.97 Å². The molecule has 1 aromatic rings. The van der Waals surface area contributed by atoms with Crippen LogP contribution in [-0.4, -0.2) is 33.3 Å². The number of hydrogen-bond donors (Lipinski definition) is 1. The molecule has 100 valence electrons. The molecule has 1 atom stereocenters. The number of anilines is 1. The van der Waals surface area contributed by atoms with Gasteiger partial charge in [-0.25, -0.2) is 4.79 Å². The summed E-state index contributed by atoms with van der Waals surface area (Å²) in [4.78, 5) is 11.5. The highest BCUT2D eigenvalue weighted by Gasteiger charge is 2.11. The van der Waals surface area contributed by atoms with E-state index in [4.69, 9.17) is 16.3 Å². The maximum atomic E-state index is 11.5. The topological polar surface area (TPSA) is 47.6 Å². The second-order valence-electron chi connectivity index (χ2n) is 4.13. The van der Waals surface area contributed by atoms with Crippen molar-refractivity contribution in [1.82, 2.24) is 0 Å². The highest BCUT2D eigenvalue weighted by Crippen LogP contribution is 2.21. The molecule has 1 aromatic carbocycles. The molecule has 18 heavy (non-hydrogen) atoms. The number of benzene rings is 1. The van der Waals surface area contributed by atoms with Crippen LogP contribution in [-0.2, 0) is 9.47 Å². The SMILES string of the molecule is COCC(C)CNc1ccc(Cl)c(C(=O)OC)c1. The van der Waals surface area contributed by atoms with Crippen LogP contribution in [0.25, 0.3) is 0 Å². The van der Waals surface area contributed by atoms with Crippen LogP contribution in [0, 0.1) is 5.92 Å². The van der Waals surface area contributed by atoms with Crippen molar-refractivity contribution in [2.24, 2.45) is 5.92 Å². The number of carbonyl (C=O) groups is 1. The number of methoxy groups -OCH3 is 2. The van der Waals surface area contributed by atoms with Gasteiger partial charge < -0.3 is 14.8 Å². The zero-order valence-corrected chi connectivity index (χ0v) is 11.6. The van der Waals surface area contributed by atoms with Gasteiger partial charge in [-0.3, -0.25) is 0 Å². The average Bonchev–Trinajstić information content (AvgIpc) is 2.37. The van der Waals surface area contributed by atoms with Crippen molar-refractivity contribution >= 4 is 23.3 Å². The molecule has 0 saturated heterocycles. The van der Waals surface area contributed by atoms with Gasteiger partial charge in [-0.1, -0.05) is 18.5 Å². The molecule has 0 spiro atoms. The molecule has 0 aromatic heterocycles. The standard InChI is InChI=1S/C13H18ClNO3/c1-9(8-17-2)7-15-10-4-5-12(14)11(6-10)13(16)18-3/h4-6,9,15H,7-8H2,1-3H3. The third kappa shape index (κ3) is 4.20. The van der Waals surface area contributed by atoms with Crippen molar-refractivity contribution in [2.45, 2.75) is 6.92 Å². The zero-order chi connectivity index (χ0) is 13.5. The van der Waals surface area contributed by atoms with Crippen molar-refractivity contribution in [1.29, 1.82) is 0 Å². The van der Waals surface area contributed by atoms with Crippen LogP contribution < -0.4 is 5.32 Å². The van der Waals surface area contributed by atoms with E-state index in [1.54, 1.807) is 19.2 Å². The van der Waals surface area contributed by atoms with E-state index in [1.165, 1.54) is 7.11 Å². The second kappa shape index (κ2) is 7.24.